The molecule has 0 aliphatic rings. The molecule has 1 heterocycles. The van der Waals surface area contributed by atoms with E-state index in [0.29, 0.717) is 0 Å². The Morgan fingerprint density at radius 3 is 2.68 bits per heavy atom. The van der Waals surface area contributed by atoms with Crippen LogP contribution in [0.2, 0.25) is 0 Å². The molecule has 2 rings (SSSR count). The molecule has 19 heavy (non-hydrogen) atoms. The van der Waals surface area contributed by atoms with E-state index in [0.717, 1.165) is 0 Å². The zero-order valence-electron chi connectivity index (χ0n) is 9.49. The van der Waals surface area contributed by atoms with Crippen LogP contribution in [-0.2, 0) is 0 Å². The Kier molecular flexibility index (Phi) is 3.37. The van der Waals surface area contributed by atoms with E-state index < -0.39 is 17.8 Å². The summed E-state index contributed by atoms with van der Waals surface area (Å²) in [5, 5.41) is 20.7. The Bertz CT molecular complexity index is 605. The van der Waals surface area contributed by atoms with Crippen molar-refractivity contribution in [3.63, 3.8) is 0 Å². The number of carbonyl (C=O) groups is 2. The molecule has 0 aliphatic carbocycles. The predicted molar refractivity (Wildman–Crippen MR) is 63.4 cm³/mol. The third-order valence-corrected chi connectivity index (χ3v) is 2.21. The number of aromatic carboxylic acids is 1. The van der Waals surface area contributed by atoms with Crippen LogP contribution < -0.4 is 10.1 Å². The van der Waals surface area contributed by atoms with E-state index in [9.17, 15) is 14.7 Å². The summed E-state index contributed by atoms with van der Waals surface area (Å²) >= 11 is 0. The lowest BCUT2D eigenvalue weighted by Gasteiger charge is -2.08. The fraction of sp³-hybridized carbons (Fsp3) is 0. The van der Waals surface area contributed by atoms with Gasteiger partial charge in [-0.1, -0.05) is 6.07 Å². The molecule has 0 saturated carbocycles. The van der Waals surface area contributed by atoms with Crippen molar-refractivity contribution in [3.8, 4) is 11.5 Å². The molecule has 0 atom stereocenters. The molecule has 2 aromatic rings. The number of phenols is 1. The molecule has 0 bridgehead atoms. The molecule has 1 amide bonds. The number of hydrogen-bond donors (Lipinski definition) is 3. The Hall–Kier alpha value is -2.96. The van der Waals surface area contributed by atoms with Gasteiger partial charge in [0, 0.05) is 6.07 Å². The smallest absolute Gasteiger partial charge is 0.417 e. The van der Waals surface area contributed by atoms with Crippen LogP contribution in [0.4, 0.5) is 10.5 Å². The number of carbonyl (C=O) groups excluding carboxylic acids is 1. The number of aromatic hydroxyl groups is 1. The van der Waals surface area contributed by atoms with Gasteiger partial charge in [-0.05, 0) is 12.1 Å². The second-order valence-electron chi connectivity index (χ2n) is 3.48. The largest absolute Gasteiger partial charge is 0.505 e. The maximum Gasteiger partial charge on any atom is 0.417 e. The number of furan rings is 1. The van der Waals surface area contributed by atoms with E-state index in [1.807, 2.05) is 0 Å². The lowest BCUT2D eigenvalue weighted by molar-refractivity contribution is 0.0693. The molecule has 3 N–H and O–H groups in total. The first kappa shape index (κ1) is 12.5. The highest BCUT2D eigenvalue weighted by Crippen LogP contribution is 2.27. The number of carboxylic acids is 1. The number of benzene rings is 1. The summed E-state index contributed by atoms with van der Waals surface area (Å²) in [5.41, 5.74) is -0.380. The van der Waals surface area contributed by atoms with Crippen LogP contribution in [0.15, 0.2) is 41.2 Å². The number of rotatable bonds is 3. The summed E-state index contributed by atoms with van der Waals surface area (Å²) < 4.78 is 9.52. The van der Waals surface area contributed by atoms with Gasteiger partial charge in [0.2, 0.25) is 0 Å². The Labute approximate surface area is 107 Å². The lowest BCUT2D eigenvalue weighted by Crippen LogP contribution is -2.16. The van der Waals surface area contributed by atoms with Crippen molar-refractivity contribution >= 4 is 17.7 Å². The summed E-state index contributed by atoms with van der Waals surface area (Å²) in [7, 11) is 0. The van der Waals surface area contributed by atoms with Crippen LogP contribution in [0.5, 0.6) is 11.5 Å². The van der Waals surface area contributed by atoms with Crippen LogP contribution in [0.3, 0.4) is 0 Å². The third kappa shape index (κ3) is 2.83. The van der Waals surface area contributed by atoms with Crippen molar-refractivity contribution in [3.05, 3.63) is 42.4 Å². The van der Waals surface area contributed by atoms with Gasteiger partial charge < -0.3 is 19.4 Å². The monoisotopic (exact) mass is 263 g/mol. The minimum Gasteiger partial charge on any atom is -0.505 e. The van der Waals surface area contributed by atoms with Gasteiger partial charge in [0.1, 0.15) is 11.8 Å². The predicted octanol–water partition coefficient (Wildman–Crippen LogP) is 2.29. The third-order valence-electron chi connectivity index (χ3n) is 2.21. The summed E-state index contributed by atoms with van der Waals surface area (Å²) in [4.78, 5) is 22.3. The van der Waals surface area contributed by atoms with Crippen LogP contribution in [0, 0.1) is 0 Å². The second kappa shape index (κ2) is 5.13. The van der Waals surface area contributed by atoms with Crippen molar-refractivity contribution in [2.24, 2.45) is 0 Å². The summed E-state index contributed by atoms with van der Waals surface area (Å²) in [6, 6.07) is 5.37. The van der Waals surface area contributed by atoms with Crippen molar-refractivity contribution in [2.45, 2.75) is 0 Å². The minimum absolute atomic E-state index is 0.0617. The number of para-hydroxylation sites is 1. The maximum absolute atomic E-state index is 11.5. The molecule has 7 heteroatoms. The average Bonchev–Trinajstić information content (AvgIpc) is 2.84. The molecule has 0 fully saturated rings. The van der Waals surface area contributed by atoms with Gasteiger partial charge in [0.05, 0.1) is 12.0 Å². The molecule has 0 radical (unpaired) electrons. The number of amides is 1. The topological polar surface area (TPSA) is 109 Å². The van der Waals surface area contributed by atoms with Gasteiger partial charge >= 0.3 is 12.1 Å². The Morgan fingerprint density at radius 1 is 1.26 bits per heavy atom. The van der Waals surface area contributed by atoms with Gasteiger partial charge in [0.25, 0.3) is 0 Å². The fourth-order valence-corrected chi connectivity index (χ4v) is 1.37. The van der Waals surface area contributed by atoms with Crippen molar-refractivity contribution in [2.75, 3.05) is 5.32 Å². The number of ether oxygens (including phenoxy) is 1. The normalized spacial score (nSPS) is 9.89. The van der Waals surface area contributed by atoms with Crippen molar-refractivity contribution in [1.29, 1.82) is 0 Å². The van der Waals surface area contributed by atoms with Gasteiger partial charge in [-0.25, -0.2) is 9.59 Å². The highest BCUT2D eigenvalue weighted by atomic mass is 16.6. The molecule has 1 aromatic carbocycles. The van der Waals surface area contributed by atoms with E-state index in [1.54, 1.807) is 0 Å². The first-order valence-corrected chi connectivity index (χ1v) is 5.14. The minimum atomic E-state index is -1.30. The second-order valence-corrected chi connectivity index (χ2v) is 3.48. The van der Waals surface area contributed by atoms with E-state index in [-0.39, 0.29) is 17.0 Å². The molecule has 0 unspecified atom stereocenters. The molecule has 98 valence electrons. The van der Waals surface area contributed by atoms with Crippen LogP contribution in [0.1, 0.15) is 10.4 Å². The Balaban J connectivity index is 2.13. The summed E-state index contributed by atoms with van der Waals surface area (Å²) in [5.74, 6) is -1.66. The van der Waals surface area contributed by atoms with E-state index in [4.69, 9.17) is 14.3 Å². The van der Waals surface area contributed by atoms with Crippen LogP contribution >= 0.6 is 0 Å². The van der Waals surface area contributed by atoms with Gasteiger partial charge in [-0.2, -0.15) is 0 Å². The molecular weight excluding hydrogens is 254 g/mol. The van der Waals surface area contributed by atoms with Gasteiger partial charge in [0.15, 0.2) is 11.5 Å². The van der Waals surface area contributed by atoms with Gasteiger partial charge in [-0.15, -0.1) is 0 Å². The van der Waals surface area contributed by atoms with Gasteiger partial charge in [-0.3, -0.25) is 5.32 Å². The number of nitrogens with one attached hydrogen (secondary N) is 1. The SMILES string of the molecule is O=C(Nc1cccc(C(=O)O)c1O)Oc1ccoc1. The molecule has 0 aliphatic heterocycles. The zero-order chi connectivity index (χ0) is 13.8. The van der Waals surface area contributed by atoms with E-state index in [1.165, 1.54) is 36.8 Å². The summed E-state index contributed by atoms with van der Waals surface area (Å²) in [6.07, 6.45) is 1.66. The highest BCUT2D eigenvalue weighted by Gasteiger charge is 2.15. The molecule has 0 saturated heterocycles. The number of anilines is 1. The standard InChI is InChI=1S/C12H9NO6/c14-10-8(11(15)16)2-1-3-9(10)13-12(17)19-7-4-5-18-6-7/h1-6,14H,(H,13,17)(H,15,16). The first-order valence-electron chi connectivity index (χ1n) is 5.14. The average molecular weight is 263 g/mol. The highest BCUT2D eigenvalue weighted by molar-refractivity contribution is 5.96. The molecule has 1 aromatic heterocycles. The van der Waals surface area contributed by atoms with Crippen LogP contribution in [0.25, 0.3) is 0 Å². The molecule has 0 spiro atoms. The molecular formula is C12H9NO6. The lowest BCUT2D eigenvalue weighted by atomic mass is 10.2. The number of hydrogen-bond acceptors (Lipinski definition) is 5. The quantitative estimate of drug-likeness (QED) is 0.733. The zero-order valence-corrected chi connectivity index (χ0v) is 9.49. The van der Waals surface area contributed by atoms with Crippen molar-refractivity contribution < 1.29 is 29.0 Å². The Morgan fingerprint density at radius 2 is 2.05 bits per heavy atom. The van der Waals surface area contributed by atoms with Crippen LogP contribution in [-0.4, -0.2) is 22.3 Å². The summed E-state index contributed by atoms with van der Waals surface area (Å²) in [6.45, 7) is 0. The van der Waals surface area contributed by atoms with E-state index >= 15 is 0 Å². The number of carboxylic acid groups (broad SMARTS) is 1. The van der Waals surface area contributed by atoms with Crippen molar-refractivity contribution in [1.82, 2.24) is 0 Å². The fourth-order valence-electron chi connectivity index (χ4n) is 1.37. The maximum atomic E-state index is 11.5. The molecule has 7 nitrogen and oxygen atoms in total. The first-order chi connectivity index (χ1) is 9.08. The van der Waals surface area contributed by atoms with E-state index in [2.05, 4.69) is 5.32 Å².